The molecule has 1 aromatic carbocycles. The Morgan fingerprint density at radius 3 is 3.05 bits per heavy atom. The van der Waals surface area contributed by atoms with Crippen molar-refractivity contribution in [2.24, 2.45) is 0 Å². The van der Waals surface area contributed by atoms with Gasteiger partial charge in [-0.2, -0.15) is 0 Å². The van der Waals surface area contributed by atoms with Crippen LogP contribution in [0.5, 0.6) is 5.75 Å². The lowest BCUT2D eigenvalue weighted by Crippen LogP contribution is -2.53. The maximum Gasteiger partial charge on any atom is 0.119 e. The first kappa shape index (κ1) is 14.3. The first-order valence-electron chi connectivity index (χ1n) is 6.91. The third kappa shape index (κ3) is 4.49. The summed E-state index contributed by atoms with van der Waals surface area (Å²) in [6.45, 7) is 5.40. The van der Waals surface area contributed by atoms with E-state index < -0.39 is 0 Å². The number of benzene rings is 1. The van der Waals surface area contributed by atoms with Crippen LogP contribution in [0.15, 0.2) is 24.3 Å². The summed E-state index contributed by atoms with van der Waals surface area (Å²) in [6.07, 6.45) is 0. The van der Waals surface area contributed by atoms with Gasteiger partial charge in [-0.05, 0) is 31.8 Å². The van der Waals surface area contributed by atoms with Gasteiger partial charge in [0.1, 0.15) is 5.75 Å². The molecule has 0 amide bonds. The van der Waals surface area contributed by atoms with E-state index in [0.29, 0.717) is 6.04 Å². The highest BCUT2D eigenvalue weighted by Crippen LogP contribution is 2.14. The molecule has 1 heterocycles. The summed E-state index contributed by atoms with van der Waals surface area (Å²) in [7, 11) is 6.08. The van der Waals surface area contributed by atoms with Crippen LogP contribution in [0.3, 0.4) is 0 Å². The van der Waals surface area contributed by atoms with Crippen molar-refractivity contribution in [3.63, 3.8) is 0 Å². The zero-order valence-electron chi connectivity index (χ0n) is 12.2. The molecule has 1 N–H and O–H groups in total. The van der Waals surface area contributed by atoms with Gasteiger partial charge >= 0.3 is 0 Å². The zero-order chi connectivity index (χ0) is 13.7. The molecular formula is C15H25N3O. The Morgan fingerprint density at radius 2 is 2.32 bits per heavy atom. The average molecular weight is 263 g/mol. The molecule has 1 aliphatic heterocycles. The molecule has 0 bridgehead atoms. The lowest BCUT2D eigenvalue weighted by atomic mass is 10.1. The van der Waals surface area contributed by atoms with Crippen molar-refractivity contribution in [1.82, 2.24) is 15.1 Å². The van der Waals surface area contributed by atoms with Crippen LogP contribution >= 0.6 is 0 Å². The van der Waals surface area contributed by atoms with E-state index in [1.165, 1.54) is 5.56 Å². The van der Waals surface area contributed by atoms with E-state index in [4.69, 9.17) is 4.74 Å². The second-order valence-electron chi connectivity index (χ2n) is 5.46. The summed E-state index contributed by atoms with van der Waals surface area (Å²) in [6, 6.07) is 8.86. The van der Waals surface area contributed by atoms with Gasteiger partial charge in [-0.1, -0.05) is 12.1 Å². The maximum atomic E-state index is 5.26. The molecule has 106 valence electrons. The van der Waals surface area contributed by atoms with Gasteiger partial charge < -0.3 is 19.9 Å². The third-order valence-electron chi connectivity index (χ3n) is 3.58. The number of ether oxygens (including phenoxy) is 1. The highest BCUT2D eigenvalue weighted by Gasteiger charge is 2.17. The molecule has 0 saturated carbocycles. The average Bonchev–Trinajstić information content (AvgIpc) is 2.38. The molecular weight excluding hydrogens is 238 g/mol. The van der Waals surface area contributed by atoms with Crippen LogP contribution in [0.1, 0.15) is 5.56 Å². The minimum Gasteiger partial charge on any atom is -0.497 e. The SMILES string of the molecule is COc1cccc(CN(C)CC2CN(C)CCN2)c1. The van der Waals surface area contributed by atoms with E-state index in [9.17, 15) is 0 Å². The number of nitrogens with one attached hydrogen (secondary N) is 1. The van der Waals surface area contributed by atoms with Crippen molar-refractivity contribution in [3.05, 3.63) is 29.8 Å². The molecule has 0 spiro atoms. The van der Waals surface area contributed by atoms with Crippen LogP contribution in [0.4, 0.5) is 0 Å². The molecule has 1 unspecified atom stereocenters. The molecule has 0 aliphatic carbocycles. The fourth-order valence-electron chi connectivity index (χ4n) is 2.64. The summed E-state index contributed by atoms with van der Waals surface area (Å²) in [4.78, 5) is 4.76. The fraction of sp³-hybridized carbons (Fsp3) is 0.600. The maximum absolute atomic E-state index is 5.26. The van der Waals surface area contributed by atoms with Crippen molar-refractivity contribution in [2.45, 2.75) is 12.6 Å². The molecule has 1 saturated heterocycles. The van der Waals surface area contributed by atoms with E-state index in [0.717, 1.165) is 38.5 Å². The van der Waals surface area contributed by atoms with Crippen molar-refractivity contribution < 1.29 is 4.74 Å². The van der Waals surface area contributed by atoms with E-state index in [1.807, 2.05) is 6.07 Å². The molecule has 4 heteroatoms. The third-order valence-corrected chi connectivity index (χ3v) is 3.58. The second kappa shape index (κ2) is 6.89. The van der Waals surface area contributed by atoms with Crippen LogP contribution in [0.2, 0.25) is 0 Å². The predicted molar refractivity (Wildman–Crippen MR) is 78.6 cm³/mol. The summed E-state index contributed by atoms with van der Waals surface area (Å²) in [5.74, 6) is 0.932. The van der Waals surface area contributed by atoms with Gasteiger partial charge in [0.15, 0.2) is 0 Å². The Hall–Kier alpha value is -1.10. The van der Waals surface area contributed by atoms with Crippen LogP contribution < -0.4 is 10.1 Å². The van der Waals surface area contributed by atoms with Gasteiger partial charge in [0, 0.05) is 38.8 Å². The van der Waals surface area contributed by atoms with Gasteiger partial charge in [0.05, 0.1) is 7.11 Å². The van der Waals surface area contributed by atoms with Crippen molar-refractivity contribution in [2.75, 3.05) is 47.4 Å². The minimum absolute atomic E-state index is 0.564. The van der Waals surface area contributed by atoms with Gasteiger partial charge in [-0.3, -0.25) is 0 Å². The molecule has 1 aliphatic rings. The van der Waals surface area contributed by atoms with Gasteiger partial charge in [-0.15, -0.1) is 0 Å². The number of nitrogens with zero attached hydrogens (tertiary/aromatic N) is 2. The summed E-state index contributed by atoms with van der Waals surface area (Å²) in [5.41, 5.74) is 1.30. The highest BCUT2D eigenvalue weighted by molar-refractivity contribution is 5.28. The predicted octanol–water partition coefficient (Wildman–Crippen LogP) is 1.03. The van der Waals surface area contributed by atoms with Crippen LogP contribution in [0, 0.1) is 0 Å². The van der Waals surface area contributed by atoms with E-state index >= 15 is 0 Å². The lowest BCUT2D eigenvalue weighted by molar-refractivity contribution is 0.192. The van der Waals surface area contributed by atoms with Crippen molar-refractivity contribution in [1.29, 1.82) is 0 Å². The van der Waals surface area contributed by atoms with Gasteiger partial charge in [0.2, 0.25) is 0 Å². The number of methoxy groups -OCH3 is 1. The van der Waals surface area contributed by atoms with Crippen molar-refractivity contribution in [3.8, 4) is 5.75 Å². The number of likely N-dealkylation sites (N-methyl/N-ethyl adjacent to an activating group) is 2. The number of rotatable bonds is 5. The minimum atomic E-state index is 0.564. The lowest BCUT2D eigenvalue weighted by Gasteiger charge is -2.33. The van der Waals surface area contributed by atoms with E-state index in [-0.39, 0.29) is 0 Å². The Bertz CT molecular complexity index is 397. The fourth-order valence-corrected chi connectivity index (χ4v) is 2.64. The zero-order valence-corrected chi connectivity index (χ0v) is 12.2. The van der Waals surface area contributed by atoms with Gasteiger partial charge in [0.25, 0.3) is 0 Å². The van der Waals surface area contributed by atoms with E-state index in [2.05, 4.69) is 47.4 Å². The monoisotopic (exact) mass is 263 g/mol. The van der Waals surface area contributed by atoms with E-state index in [1.54, 1.807) is 7.11 Å². The summed E-state index contributed by atoms with van der Waals surface area (Å²) in [5, 5.41) is 3.58. The highest BCUT2D eigenvalue weighted by atomic mass is 16.5. The smallest absolute Gasteiger partial charge is 0.119 e. The summed E-state index contributed by atoms with van der Waals surface area (Å²) >= 11 is 0. The molecule has 19 heavy (non-hydrogen) atoms. The van der Waals surface area contributed by atoms with Crippen LogP contribution in [-0.2, 0) is 6.54 Å². The molecule has 1 fully saturated rings. The largest absolute Gasteiger partial charge is 0.497 e. The normalized spacial score (nSPS) is 20.7. The Labute approximate surface area is 116 Å². The van der Waals surface area contributed by atoms with Crippen LogP contribution in [-0.4, -0.2) is 63.2 Å². The van der Waals surface area contributed by atoms with Gasteiger partial charge in [-0.25, -0.2) is 0 Å². The Kier molecular flexibility index (Phi) is 5.19. The van der Waals surface area contributed by atoms with Crippen LogP contribution in [0.25, 0.3) is 0 Å². The quantitative estimate of drug-likeness (QED) is 0.859. The standard InChI is InChI=1S/C15H25N3O/c1-17-8-7-16-14(11-17)12-18(2)10-13-5-4-6-15(9-13)19-3/h4-6,9,14,16H,7-8,10-12H2,1-3H3. The first-order valence-corrected chi connectivity index (χ1v) is 6.91. The molecule has 2 rings (SSSR count). The molecule has 0 aromatic heterocycles. The number of piperazine rings is 1. The second-order valence-corrected chi connectivity index (χ2v) is 5.46. The molecule has 0 radical (unpaired) electrons. The molecule has 1 aromatic rings. The Balaban J connectivity index is 1.84. The first-order chi connectivity index (χ1) is 9.17. The number of hydrogen-bond donors (Lipinski definition) is 1. The summed E-state index contributed by atoms with van der Waals surface area (Å²) < 4.78 is 5.26. The molecule has 4 nitrogen and oxygen atoms in total. The number of hydrogen-bond acceptors (Lipinski definition) is 4. The topological polar surface area (TPSA) is 27.7 Å². The Morgan fingerprint density at radius 1 is 1.47 bits per heavy atom. The van der Waals surface area contributed by atoms with Crippen molar-refractivity contribution >= 4 is 0 Å². The molecule has 1 atom stereocenters.